The number of para-hydroxylation sites is 1. The molecule has 7 nitrogen and oxygen atoms in total. The van der Waals surface area contributed by atoms with Gasteiger partial charge >= 0.3 is 0 Å². The van der Waals surface area contributed by atoms with Crippen LogP contribution in [-0.4, -0.2) is 18.0 Å². The maximum Gasteiger partial charge on any atom is 0.252 e. The molecular formula is C25H20BrFN4O3. The number of amides is 2. The number of rotatable bonds is 8. The summed E-state index contributed by atoms with van der Waals surface area (Å²) in [5.41, 5.74) is 4.30. The van der Waals surface area contributed by atoms with Crippen molar-refractivity contribution in [3.05, 3.63) is 93.7 Å². The molecule has 0 saturated carbocycles. The number of carbonyl (C=O) groups is 2. The summed E-state index contributed by atoms with van der Waals surface area (Å²) in [5, 5.41) is 15.4. The van der Waals surface area contributed by atoms with Crippen molar-refractivity contribution in [2.24, 2.45) is 11.0 Å². The third-order valence-electron chi connectivity index (χ3n) is 4.78. The van der Waals surface area contributed by atoms with Crippen molar-refractivity contribution in [2.45, 2.75) is 13.5 Å². The van der Waals surface area contributed by atoms with E-state index < -0.39 is 23.5 Å². The molecule has 0 aliphatic heterocycles. The Hall–Kier alpha value is -4.03. The van der Waals surface area contributed by atoms with E-state index in [1.165, 1.54) is 31.3 Å². The number of hydrogen-bond acceptors (Lipinski definition) is 5. The largest absolute Gasteiger partial charge is 0.488 e. The molecule has 1 atom stereocenters. The standard InChI is InChI=1S/C25H20BrFN4O3/c1-16(24(32)30-22-9-5-4-8-21(22)27)25(33)31-29-14-17-10-11-23(20(26)12-17)34-15-19-7-3-2-6-18(19)13-28/h2-12,14,16H,15H2,1H3,(H,30,32)(H,31,33). The van der Waals surface area contributed by atoms with Crippen LogP contribution in [0.4, 0.5) is 10.1 Å². The zero-order valence-corrected chi connectivity index (χ0v) is 19.7. The van der Waals surface area contributed by atoms with Crippen LogP contribution in [0.1, 0.15) is 23.6 Å². The van der Waals surface area contributed by atoms with Crippen LogP contribution in [0, 0.1) is 23.1 Å². The van der Waals surface area contributed by atoms with Gasteiger partial charge in [0.2, 0.25) is 5.91 Å². The Morgan fingerprint density at radius 3 is 2.62 bits per heavy atom. The van der Waals surface area contributed by atoms with Gasteiger partial charge < -0.3 is 10.1 Å². The van der Waals surface area contributed by atoms with E-state index in [1.54, 1.807) is 36.4 Å². The van der Waals surface area contributed by atoms with Crippen LogP contribution in [0.5, 0.6) is 5.75 Å². The maximum absolute atomic E-state index is 13.7. The van der Waals surface area contributed by atoms with Crippen molar-refractivity contribution in [1.29, 1.82) is 5.26 Å². The summed E-state index contributed by atoms with van der Waals surface area (Å²) in [6, 6.07) is 20.2. The fourth-order valence-electron chi connectivity index (χ4n) is 2.82. The highest BCUT2D eigenvalue weighted by molar-refractivity contribution is 9.10. The van der Waals surface area contributed by atoms with E-state index in [2.05, 4.69) is 37.8 Å². The molecule has 0 aliphatic rings. The minimum atomic E-state index is -1.09. The minimum Gasteiger partial charge on any atom is -0.488 e. The van der Waals surface area contributed by atoms with E-state index in [1.807, 2.05) is 12.1 Å². The highest BCUT2D eigenvalue weighted by atomic mass is 79.9. The normalized spacial score (nSPS) is 11.5. The topological polar surface area (TPSA) is 104 Å². The first-order valence-corrected chi connectivity index (χ1v) is 11.0. The second kappa shape index (κ2) is 11.7. The Balaban J connectivity index is 1.54. The Bertz CT molecular complexity index is 1270. The van der Waals surface area contributed by atoms with Gasteiger partial charge in [-0.25, -0.2) is 9.82 Å². The van der Waals surface area contributed by atoms with Crippen LogP contribution in [0.2, 0.25) is 0 Å². The molecule has 0 radical (unpaired) electrons. The first kappa shape index (κ1) is 24.6. The van der Waals surface area contributed by atoms with E-state index in [0.29, 0.717) is 21.3 Å². The Morgan fingerprint density at radius 1 is 1.15 bits per heavy atom. The highest BCUT2D eigenvalue weighted by Gasteiger charge is 2.22. The molecule has 172 valence electrons. The van der Waals surface area contributed by atoms with Crippen molar-refractivity contribution in [3.63, 3.8) is 0 Å². The Kier molecular flexibility index (Phi) is 8.48. The van der Waals surface area contributed by atoms with Gasteiger partial charge in [-0.15, -0.1) is 0 Å². The van der Waals surface area contributed by atoms with Gasteiger partial charge in [0.1, 0.15) is 24.1 Å². The lowest BCUT2D eigenvalue weighted by molar-refractivity contribution is -0.131. The highest BCUT2D eigenvalue weighted by Crippen LogP contribution is 2.26. The number of anilines is 1. The van der Waals surface area contributed by atoms with Gasteiger partial charge in [0.15, 0.2) is 0 Å². The van der Waals surface area contributed by atoms with Crippen molar-refractivity contribution < 1.29 is 18.7 Å². The Labute approximate surface area is 204 Å². The van der Waals surface area contributed by atoms with Crippen molar-refractivity contribution >= 4 is 39.6 Å². The predicted octanol–water partition coefficient (Wildman–Crippen LogP) is 4.76. The van der Waals surface area contributed by atoms with Crippen LogP contribution in [0.25, 0.3) is 0 Å². The molecule has 0 aromatic heterocycles. The van der Waals surface area contributed by atoms with Crippen molar-refractivity contribution in [3.8, 4) is 11.8 Å². The monoisotopic (exact) mass is 522 g/mol. The molecular weight excluding hydrogens is 503 g/mol. The first-order valence-electron chi connectivity index (χ1n) is 10.2. The number of nitrogens with one attached hydrogen (secondary N) is 2. The van der Waals surface area contributed by atoms with Crippen LogP contribution in [0.15, 0.2) is 76.3 Å². The number of ether oxygens (including phenoxy) is 1. The predicted molar refractivity (Wildman–Crippen MR) is 130 cm³/mol. The minimum absolute atomic E-state index is 0.000998. The lowest BCUT2D eigenvalue weighted by atomic mass is 10.1. The molecule has 9 heteroatoms. The summed E-state index contributed by atoms with van der Waals surface area (Å²) >= 11 is 3.43. The number of carbonyl (C=O) groups excluding carboxylic acids is 2. The van der Waals surface area contributed by atoms with Crippen LogP contribution < -0.4 is 15.5 Å². The van der Waals surface area contributed by atoms with Gasteiger partial charge in [-0.1, -0.05) is 30.3 Å². The maximum atomic E-state index is 13.7. The number of benzene rings is 3. The van der Waals surface area contributed by atoms with E-state index in [0.717, 1.165) is 5.56 Å². The van der Waals surface area contributed by atoms with Crippen molar-refractivity contribution in [2.75, 3.05) is 5.32 Å². The zero-order valence-electron chi connectivity index (χ0n) is 18.1. The summed E-state index contributed by atoms with van der Waals surface area (Å²) in [6.07, 6.45) is 1.42. The number of nitrogens with zero attached hydrogens (tertiary/aromatic N) is 2. The summed E-state index contributed by atoms with van der Waals surface area (Å²) < 4.78 is 20.1. The SMILES string of the molecule is CC(C(=O)NN=Cc1ccc(OCc2ccccc2C#N)c(Br)c1)C(=O)Nc1ccccc1F. The molecule has 3 rings (SSSR count). The molecule has 3 aromatic carbocycles. The second-order valence-corrected chi connectivity index (χ2v) is 8.03. The molecule has 2 N–H and O–H groups in total. The quantitative estimate of drug-likeness (QED) is 0.252. The molecule has 0 spiro atoms. The average Bonchev–Trinajstić information content (AvgIpc) is 2.84. The average molecular weight is 523 g/mol. The lowest BCUT2D eigenvalue weighted by Gasteiger charge is -2.11. The van der Waals surface area contributed by atoms with Crippen LogP contribution >= 0.6 is 15.9 Å². The smallest absolute Gasteiger partial charge is 0.252 e. The fourth-order valence-corrected chi connectivity index (χ4v) is 3.33. The summed E-state index contributed by atoms with van der Waals surface area (Å²) in [6.45, 7) is 1.63. The molecule has 34 heavy (non-hydrogen) atoms. The van der Waals surface area contributed by atoms with Crippen LogP contribution in [0.3, 0.4) is 0 Å². The molecule has 0 bridgehead atoms. The van der Waals surface area contributed by atoms with Gasteiger partial charge in [0.05, 0.1) is 28.0 Å². The molecule has 0 fully saturated rings. The lowest BCUT2D eigenvalue weighted by Crippen LogP contribution is -2.34. The van der Waals surface area contributed by atoms with E-state index in [9.17, 15) is 19.2 Å². The van der Waals surface area contributed by atoms with Crippen molar-refractivity contribution in [1.82, 2.24) is 5.43 Å². The zero-order chi connectivity index (χ0) is 24.5. The van der Waals surface area contributed by atoms with E-state index in [4.69, 9.17) is 4.74 Å². The first-order chi connectivity index (χ1) is 16.4. The van der Waals surface area contributed by atoms with Gasteiger partial charge in [0.25, 0.3) is 5.91 Å². The molecule has 0 saturated heterocycles. The molecule has 0 heterocycles. The van der Waals surface area contributed by atoms with E-state index in [-0.39, 0.29) is 12.3 Å². The molecule has 0 aliphatic carbocycles. The number of hydrogen-bond donors (Lipinski definition) is 2. The molecule has 1 unspecified atom stereocenters. The van der Waals surface area contributed by atoms with Gasteiger partial charge in [0, 0.05) is 5.56 Å². The summed E-state index contributed by atoms with van der Waals surface area (Å²) in [5.74, 6) is -2.39. The molecule has 2 amide bonds. The van der Waals surface area contributed by atoms with Crippen LogP contribution in [-0.2, 0) is 16.2 Å². The third kappa shape index (κ3) is 6.49. The second-order valence-electron chi connectivity index (χ2n) is 7.17. The molecule has 3 aromatic rings. The number of nitriles is 1. The van der Waals surface area contributed by atoms with Gasteiger partial charge in [-0.2, -0.15) is 10.4 Å². The van der Waals surface area contributed by atoms with Gasteiger partial charge in [-0.05, 0) is 64.8 Å². The number of hydrazone groups is 1. The number of halogens is 2. The fraction of sp³-hybridized carbons (Fsp3) is 0.120. The summed E-state index contributed by atoms with van der Waals surface area (Å²) in [7, 11) is 0. The van der Waals surface area contributed by atoms with Gasteiger partial charge in [-0.3, -0.25) is 9.59 Å². The summed E-state index contributed by atoms with van der Waals surface area (Å²) in [4.78, 5) is 24.4. The van der Waals surface area contributed by atoms with E-state index >= 15 is 0 Å². The Morgan fingerprint density at radius 2 is 1.88 bits per heavy atom. The third-order valence-corrected chi connectivity index (χ3v) is 5.40.